The highest BCUT2D eigenvalue weighted by atomic mass is 35.5. The summed E-state index contributed by atoms with van der Waals surface area (Å²) in [5, 5.41) is 0. The number of nitrogens with two attached hydrogens (primary N) is 1. The van der Waals surface area contributed by atoms with Gasteiger partial charge >= 0.3 is 12.3 Å². The lowest BCUT2D eigenvalue weighted by Gasteiger charge is -2.36. The minimum atomic E-state index is -4.00. The van der Waals surface area contributed by atoms with Crippen molar-refractivity contribution >= 4 is 30.7 Å². The van der Waals surface area contributed by atoms with Crippen molar-refractivity contribution in [2.24, 2.45) is 11.7 Å². The number of rotatable bonds is 5. The molecule has 2 fully saturated rings. The molecule has 2 atom stereocenters. The van der Waals surface area contributed by atoms with Crippen molar-refractivity contribution in [3.8, 4) is 0 Å². The minimum absolute atomic E-state index is 0. The van der Waals surface area contributed by atoms with Crippen LogP contribution in [0, 0.1) is 5.92 Å². The van der Waals surface area contributed by atoms with Crippen molar-refractivity contribution in [2.75, 3.05) is 32.7 Å². The van der Waals surface area contributed by atoms with E-state index >= 15 is 0 Å². The van der Waals surface area contributed by atoms with Gasteiger partial charge in [0.15, 0.2) is 0 Å². The fraction of sp³-hybridized carbons (Fsp3) is 0.929. The van der Waals surface area contributed by atoms with Crippen LogP contribution >= 0.6 is 24.8 Å². The number of hydrogen-bond donors (Lipinski definition) is 1. The molecule has 0 aromatic carbocycles. The Morgan fingerprint density at radius 2 is 1.71 bits per heavy atom. The molecule has 1 heterocycles. The second-order valence-corrected chi connectivity index (χ2v) is 6.28. The highest BCUT2D eigenvalue weighted by molar-refractivity contribution is 5.85. The molecule has 144 valence electrons. The van der Waals surface area contributed by atoms with Gasteiger partial charge in [-0.2, -0.15) is 8.78 Å². The molecule has 2 N–H and O–H groups in total. The Balaban J connectivity index is 0.00000264. The minimum Gasteiger partial charge on any atom is -0.340 e. The van der Waals surface area contributed by atoms with Gasteiger partial charge in [-0.15, -0.1) is 24.8 Å². The van der Waals surface area contributed by atoms with Crippen LogP contribution < -0.4 is 5.73 Å². The van der Waals surface area contributed by atoms with Crippen LogP contribution in [0.4, 0.5) is 17.6 Å². The van der Waals surface area contributed by atoms with Crippen molar-refractivity contribution in [2.45, 2.75) is 44.1 Å². The summed E-state index contributed by atoms with van der Waals surface area (Å²) in [6, 6.07) is 0.0648. The summed E-state index contributed by atoms with van der Waals surface area (Å²) in [7, 11) is 0. The van der Waals surface area contributed by atoms with Crippen LogP contribution in [0.25, 0.3) is 0 Å². The third-order valence-corrected chi connectivity index (χ3v) is 4.63. The molecule has 10 heteroatoms. The zero-order valence-electron chi connectivity index (χ0n) is 13.3. The molecule has 1 aliphatic heterocycles. The van der Waals surface area contributed by atoms with E-state index in [0.29, 0.717) is 19.5 Å². The van der Waals surface area contributed by atoms with Gasteiger partial charge in [0.2, 0.25) is 5.91 Å². The summed E-state index contributed by atoms with van der Waals surface area (Å²) in [6.07, 6.45) is -0.331. The number of hydrogen-bond acceptors (Lipinski definition) is 3. The van der Waals surface area contributed by atoms with Crippen LogP contribution in [0.1, 0.15) is 25.7 Å². The van der Waals surface area contributed by atoms with E-state index in [1.807, 2.05) is 0 Å². The monoisotopic (exact) mass is 397 g/mol. The van der Waals surface area contributed by atoms with Crippen molar-refractivity contribution in [1.82, 2.24) is 9.80 Å². The van der Waals surface area contributed by atoms with E-state index in [0.717, 1.165) is 19.3 Å². The standard InChI is InChI=1S/C14H23F4N3O.2ClH/c15-13(16)14(17,18)9-20-4-6-21(7-5-20)12(22)8-10-2-1-3-11(10)19;;/h10-11,13H,1-9,19H2;2*1H/t10-,11+;;/m0../s1. The average molecular weight is 398 g/mol. The summed E-state index contributed by atoms with van der Waals surface area (Å²) < 4.78 is 50.4. The number of piperazine rings is 1. The van der Waals surface area contributed by atoms with E-state index in [2.05, 4.69) is 0 Å². The maximum absolute atomic E-state index is 13.0. The molecule has 0 aromatic rings. The molecule has 0 spiro atoms. The smallest absolute Gasteiger partial charge is 0.319 e. The Bertz CT molecular complexity index is 396. The average Bonchev–Trinajstić information content (AvgIpc) is 2.84. The molecular weight excluding hydrogens is 373 g/mol. The third-order valence-electron chi connectivity index (χ3n) is 4.63. The summed E-state index contributed by atoms with van der Waals surface area (Å²) in [5.74, 6) is -3.81. The Morgan fingerprint density at radius 3 is 2.17 bits per heavy atom. The zero-order valence-corrected chi connectivity index (χ0v) is 14.9. The first-order valence-electron chi connectivity index (χ1n) is 7.71. The molecule has 0 bridgehead atoms. The van der Waals surface area contributed by atoms with Crippen molar-refractivity contribution in [3.63, 3.8) is 0 Å². The molecule has 2 aliphatic rings. The number of nitrogens with zero attached hydrogens (tertiary/aromatic N) is 2. The van der Waals surface area contributed by atoms with E-state index in [4.69, 9.17) is 5.73 Å². The fourth-order valence-corrected chi connectivity index (χ4v) is 3.19. The third kappa shape index (κ3) is 6.20. The Kier molecular flexibility index (Phi) is 9.86. The maximum atomic E-state index is 13.0. The van der Waals surface area contributed by atoms with Crippen LogP contribution in [0.5, 0.6) is 0 Å². The summed E-state index contributed by atoms with van der Waals surface area (Å²) >= 11 is 0. The summed E-state index contributed by atoms with van der Waals surface area (Å²) in [5.41, 5.74) is 5.94. The highest BCUT2D eigenvalue weighted by Gasteiger charge is 2.42. The first-order valence-corrected chi connectivity index (χ1v) is 7.71. The van der Waals surface area contributed by atoms with Gasteiger partial charge in [-0.3, -0.25) is 9.69 Å². The lowest BCUT2D eigenvalue weighted by atomic mass is 9.99. The van der Waals surface area contributed by atoms with E-state index in [-0.39, 0.29) is 55.8 Å². The Labute approximate surface area is 151 Å². The van der Waals surface area contributed by atoms with Gasteiger partial charge in [-0.05, 0) is 18.8 Å². The van der Waals surface area contributed by atoms with Gasteiger partial charge in [-0.25, -0.2) is 8.78 Å². The van der Waals surface area contributed by atoms with Gasteiger partial charge in [0.05, 0.1) is 6.54 Å². The summed E-state index contributed by atoms with van der Waals surface area (Å²) in [6.45, 7) is 0.0515. The Hall–Kier alpha value is -0.310. The van der Waals surface area contributed by atoms with Gasteiger partial charge in [0, 0.05) is 38.6 Å². The van der Waals surface area contributed by atoms with E-state index in [1.165, 1.54) is 4.90 Å². The zero-order chi connectivity index (χ0) is 16.3. The second kappa shape index (κ2) is 9.99. The van der Waals surface area contributed by atoms with Gasteiger partial charge in [0.25, 0.3) is 0 Å². The van der Waals surface area contributed by atoms with Crippen molar-refractivity contribution in [3.05, 3.63) is 0 Å². The van der Waals surface area contributed by atoms with Gasteiger partial charge in [-0.1, -0.05) is 6.42 Å². The van der Waals surface area contributed by atoms with E-state index in [9.17, 15) is 22.4 Å². The molecule has 1 saturated heterocycles. The lowest BCUT2D eigenvalue weighted by molar-refractivity contribution is -0.148. The number of amides is 1. The molecular formula is C14H25Cl2F4N3O. The predicted molar refractivity (Wildman–Crippen MR) is 88.4 cm³/mol. The molecule has 4 nitrogen and oxygen atoms in total. The van der Waals surface area contributed by atoms with E-state index < -0.39 is 18.9 Å². The normalized spacial score (nSPS) is 25.3. The molecule has 0 unspecified atom stereocenters. The van der Waals surface area contributed by atoms with Gasteiger partial charge < -0.3 is 10.6 Å². The lowest BCUT2D eigenvalue weighted by Crippen LogP contribution is -2.53. The van der Waals surface area contributed by atoms with Gasteiger partial charge in [0.1, 0.15) is 0 Å². The maximum Gasteiger partial charge on any atom is 0.319 e. The Morgan fingerprint density at radius 1 is 1.12 bits per heavy atom. The number of halogens is 6. The quantitative estimate of drug-likeness (QED) is 0.724. The van der Waals surface area contributed by atoms with Crippen LogP contribution in [-0.4, -0.2) is 66.8 Å². The van der Waals surface area contributed by atoms with Crippen LogP contribution in [0.3, 0.4) is 0 Å². The first-order chi connectivity index (χ1) is 10.3. The molecule has 0 aromatic heterocycles. The molecule has 0 radical (unpaired) electrons. The number of carbonyl (C=O) groups is 1. The van der Waals surface area contributed by atoms with Crippen LogP contribution in [0.2, 0.25) is 0 Å². The summed E-state index contributed by atoms with van der Waals surface area (Å²) in [4.78, 5) is 15.1. The predicted octanol–water partition coefficient (Wildman–Crippen LogP) is 2.39. The molecule has 1 amide bonds. The largest absolute Gasteiger partial charge is 0.340 e. The van der Waals surface area contributed by atoms with Crippen LogP contribution in [0.15, 0.2) is 0 Å². The van der Waals surface area contributed by atoms with Crippen LogP contribution in [-0.2, 0) is 4.79 Å². The van der Waals surface area contributed by atoms with E-state index in [1.54, 1.807) is 4.90 Å². The highest BCUT2D eigenvalue weighted by Crippen LogP contribution is 2.28. The number of carbonyl (C=O) groups excluding carboxylic acids is 1. The topological polar surface area (TPSA) is 49.6 Å². The molecule has 1 saturated carbocycles. The van der Waals surface area contributed by atoms with Crippen molar-refractivity contribution < 1.29 is 22.4 Å². The number of alkyl halides is 4. The SMILES string of the molecule is Cl.Cl.N[C@@H]1CCC[C@H]1CC(=O)N1CCN(CC(F)(F)C(F)F)CC1. The first kappa shape index (κ1) is 23.7. The molecule has 24 heavy (non-hydrogen) atoms. The molecule has 1 aliphatic carbocycles. The second-order valence-electron chi connectivity index (χ2n) is 6.28. The van der Waals surface area contributed by atoms with Crippen molar-refractivity contribution in [1.29, 1.82) is 0 Å². The fourth-order valence-electron chi connectivity index (χ4n) is 3.19. The molecule has 2 rings (SSSR count).